The number of fused-ring (bicyclic) bond motifs is 1. The zero-order valence-electron chi connectivity index (χ0n) is 10.8. The van der Waals surface area contributed by atoms with E-state index in [1.807, 2.05) is 11.7 Å². The molecule has 0 fully saturated rings. The second-order valence-corrected chi connectivity index (χ2v) is 4.77. The van der Waals surface area contributed by atoms with Crippen molar-refractivity contribution in [2.45, 2.75) is 32.4 Å². The highest BCUT2D eigenvalue weighted by Gasteiger charge is 2.23. The van der Waals surface area contributed by atoms with Crippen LogP contribution in [-0.4, -0.2) is 14.8 Å². The molecule has 3 rings (SSSR count). The lowest BCUT2D eigenvalue weighted by Crippen LogP contribution is -2.30. The van der Waals surface area contributed by atoms with Crippen LogP contribution in [0.2, 0.25) is 0 Å². The van der Waals surface area contributed by atoms with Gasteiger partial charge in [0, 0.05) is 20.0 Å². The molecule has 4 nitrogen and oxygen atoms in total. The average Bonchev–Trinajstić information content (AvgIpc) is 2.79. The summed E-state index contributed by atoms with van der Waals surface area (Å²) in [5.74, 6) is 1.97. The largest absolute Gasteiger partial charge is 0.303 e. The molecule has 18 heavy (non-hydrogen) atoms. The van der Waals surface area contributed by atoms with E-state index in [0.717, 1.165) is 31.0 Å². The van der Waals surface area contributed by atoms with E-state index in [4.69, 9.17) is 0 Å². The first-order valence-electron chi connectivity index (χ1n) is 6.48. The smallest absolute Gasteiger partial charge is 0.150 e. The van der Waals surface area contributed by atoms with Gasteiger partial charge in [0.2, 0.25) is 0 Å². The molecule has 1 atom stereocenters. The normalized spacial score (nSPS) is 18.7. The molecule has 0 spiro atoms. The molecule has 0 aliphatic carbocycles. The van der Waals surface area contributed by atoms with Crippen LogP contribution in [0.3, 0.4) is 0 Å². The van der Waals surface area contributed by atoms with E-state index < -0.39 is 0 Å². The van der Waals surface area contributed by atoms with E-state index >= 15 is 0 Å². The van der Waals surface area contributed by atoms with Gasteiger partial charge < -0.3 is 5.32 Å². The first kappa shape index (κ1) is 11.4. The molecular weight excluding hydrogens is 224 g/mol. The number of aryl methyl sites for hydroxylation is 2. The van der Waals surface area contributed by atoms with E-state index in [1.54, 1.807) is 0 Å². The summed E-state index contributed by atoms with van der Waals surface area (Å²) in [5, 5.41) is 7.97. The Hall–Kier alpha value is -1.68. The van der Waals surface area contributed by atoms with Gasteiger partial charge in [0.15, 0.2) is 5.82 Å². The molecule has 2 heterocycles. The molecular formula is C14H18N4. The fraction of sp³-hybridized carbons (Fsp3) is 0.429. The van der Waals surface area contributed by atoms with Crippen molar-refractivity contribution in [3.05, 3.63) is 47.0 Å². The Morgan fingerprint density at radius 1 is 1.33 bits per heavy atom. The van der Waals surface area contributed by atoms with Crippen LogP contribution in [0.1, 0.15) is 35.7 Å². The summed E-state index contributed by atoms with van der Waals surface area (Å²) in [7, 11) is 1.98. The van der Waals surface area contributed by atoms with Crippen LogP contribution in [0.4, 0.5) is 0 Å². The zero-order valence-corrected chi connectivity index (χ0v) is 10.8. The number of rotatable bonds is 2. The monoisotopic (exact) mass is 242 g/mol. The molecule has 1 aromatic carbocycles. The summed E-state index contributed by atoms with van der Waals surface area (Å²) in [5.41, 5.74) is 2.81. The number of benzene rings is 1. The molecule has 0 saturated heterocycles. The van der Waals surface area contributed by atoms with Crippen molar-refractivity contribution in [3.63, 3.8) is 0 Å². The third-order valence-corrected chi connectivity index (χ3v) is 3.55. The first-order chi connectivity index (χ1) is 8.78. The maximum atomic E-state index is 4.61. The summed E-state index contributed by atoms with van der Waals surface area (Å²) in [4.78, 5) is 4.61. The molecule has 1 unspecified atom stereocenters. The minimum Gasteiger partial charge on any atom is -0.303 e. The summed E-state index contributed by atoms with van der Waals surface area (Å²) in [6.45, 7) is 3.00. The molecule has 0 amide bonds. The van der Waals surface area contributed by atoms with Crippen LogP contribution in [0, 0.1) is 0 Å². The summed E-state index contributed by atoms with van der Waals surface area (Å²) in [6, 6.07) is 8.87. The summed E-state index contributed by atoms with van der Waals surface area (Å²) < 4.78 is 1.91. The van der Waals surface area contributed by atoms with E-state index in [9.17, 15) is 0 Å². The molecule has 4 heteroatoms. The Labute approximate surface area is 107 Å². The van der Waals surface area contributed by atoms with Crippen molar-refractivity contribution < 1.29 is 0 Å². The third kappa shape index (κ3) is 1.93. The van der Waals surface area contributed by atoms with E-state index in [0.29, 0.717) is 0 Å². The van der Waals surface area contributed by atoms with Crippen molar-refractivity contribution in [1.82, 2.24) is 20.1 Å². The molecule has 1 N–H and O–H groups in total. The molecule has 0 saturated carbocycles. The zero-order chi connectivity index (χ0) is 12.5. The first-order valence-corrected chi connectivity index (χ1v) is 6.48. The van der Waals surface area contributed by atoms with Gasteiger partial charge in [-0.3, -0.25) is 4.68 Å². The lowest BCUT2D eigenvalue weighted by Gasteiger charge is -2.25. The number of hydrogen-bond acceptors (Lipinski definition) is 3. The van der Waals surface area contributed by atoms with Crippen LogP contribution in [0.15, 0.2) is 24.3 Å². The van der Waals surface area contributed by atoms with Gasteiger partial charge in [-0.25, -0.2) is 4.98 Å². The van der Waals surface area contributed by atoms with Crippen molar-refractivity contribution in [2.75, 3.05) is 0 Å². The van der Waals surface area contributed by atoms with Gasteiger partial charge >= 0.3 is 0 Å². The number of aromatic nitrogens is 3. The molecule has 0 bridgehead atoms. The van der Waals surface area contributed by atoms with Crippen LogP contribution in [0.5, 0.6) is 0 Å². The number of hydrogen-bond donors (Lipinski definition) is 1. The van der Waals surface area contributed by atoms with Gasteiger partial charge in [-0.05, 0) is 17.5 Å². The SMILES string of the molecule is CCc1nc(C2Cc3ccccc3CN2)n(C)n1. The lowest BCUT2D eigenvalue weighted by molar-refractivity contribution is 0.457. The van der Waals surface area contributed by atoms with Crippen molar-refractivity contribution >= 4 is 0 Å². The minimum absolute atomic E-state index is 0.276. The second kappa shape index (κ2) is 4.53. The van der Waals surface area contributed by atoms with Crippen LogP contribution in [0.25, 0.3) is 0 Å². The predicted octanol–water partition coefficient (Wildman–Crippen LogP) is 1.76. The summed E-state index contributed by atoms with van der Waals surface area (Å²) >= 11 is 0. The van der Waals surface area contributed by atoms with E-state index in [-0.39, 0.29) is 6.04 Å². The highest BCUT2D eigenvalue weighted by atomic mass is 15.3. The van der Waals surface area contributed by atoms with Crippen molar-refractivity contribution in [3.8, 4) is 0 Å². The number of nitrogens with zero attached hydrogens (tertiary/aromatic N) is 3. The van der Waals surface area contributed by atoms with E-state index in [1.165, 1.54) is 11.1 Å². The molecule has 2 aromatic rings. The van der Waals surface area contributed by atoms with Gasteiger partial charge in [-0.15, -0.1) is 0 Å². The van der Waals surface area contributed by atoms with Gasteiger partial charge in [0.05, 0.1) is 6.04 Å². The molecule has 1 aliphatic rings. The average molecular weight is 242 g/mol. The van der Waals surface area contributed by atoms with Gasteiger partial charge in [-0.1, -0.05) is 31.2 Å². The quantitative estimate of drug-likeness (QED) is 0.872. The molecule has 0 radical (unpaired) electrons. The standard InChI is InChI=1S/C14H18N4/c1-3-13-16-14(18(2)17-13)12-8-10-6-4-5-7-11(10)9-15-12/h4-7,12,15H,3,8-9H2,1-2H3. The third-order valence-electron chi connectivity index (χ3n) is 3.55. The molecule has 94 valence electrons. The van der Waals surface area contributed by atoms with Crippen LogP contribution < -0.4 is 5.32 Å². The van der Waals surface area contributed by atoms with Gasteiger partial charge in [0.1, 0.15) is 5.82 Å². The highest BCUT2D eigenvalue weighted by molar-refractivity contribution is 5.30. The topological polar surface area (TPSA) is 42.7 Å². The van der Waals surface area contributed by atoms with Crippen LogP contribution in [-0.2, 0) is 26.4 Å². The predicted molar refractivity (Wildman–Crippen MR) is 70.1 cm³/mol. The molecule has 1 aliphatic heterocycles. The van der Waals surface area contributed by atoms with E-state index in [2.05, 4.69) is 46.6 Å². The fourth-order valence-electron chi connectivity index (χ4n) is 2.54. The Morgan fingerprint density at radius 2 is 2.11 bits per heavy atom. The van der Waals surface area contributed by atoms with Crippen LogP contribution >= 0.6 is 0 Å². The van der Waals surface area contributed by atoms with Crippen molar-refractivity contribution in [2.24, 2.45) is 7.05 Å². The Bertz CT molecular complexity index is 559. The lowest BCUT2D eigenvalue weighted by atomic mass is 9.95. The van der Waals surface area contributed by atoms with Gasteiger partial charge in [-0.2, -0.15) is 5.10 Å². The highest BCUT2D eigenvalue weighted by Crippen LogP contribution is 2.24. The second-order valence-electron chi connectivity index (χ2n) is 4.77. The molecule has 1 aromatic heterocycles. The van der Waals surface area contributed by atoms with Gasteiger partial charge in [0.25, 0.3) is 0 Å². The maximum absolute atomic E-state index is 4.61. The maximum Gasteiger partial charge on any atom is 0.150 e. The fourth-order valence-corrected chi connectivity index (χ4v) is 2.54. The number of nitrogens with one attached hydrogen (secondary N) is 1. The Kier molecular flexibility index (Phi) is 2.88. The Balaban J connectivity index is 1.89. The summed E-state index contributed by atoms with van der Waals surface area (Å²) in [6.07, 6.45) is 1.88. The van der Waals surface area contributed by atoms with Crippen molar-refractivity contribution in [1.29, 1.82) is 0 Å². The minimum atomic E-state index is 0.276. The Morgan fingerprint density at radius 3 is 2.83 bits per heavy atom.